The van der Waals surface area contributed by atoms with E-state index < -0.39 is 12.7 Å². The van der Waals surface area contributed by atoms with E-state index in [0.29, 0.717) is 0 Å². The quantitative estimate of drug-likeness (QED) is 0.922. The van der Waals surface area contributed by atoms with E-state index in [1.165, 1.54) is 10.7 Å². The Morgan fingerprint density at radius 3 is 2.64 bits per heavy atom. The number of ether oxygens (including phenoxy) is 1. The number of rotatable bonds is 5. The molecule has 0 saturated carbocycles. The number of hydrogen-bond acceptors (Lipinski definition) is 3. The topological polar surface area (TPSA) is 56.1 Å². The predicted octanol–water partition coefficient (Wildman–Crippen LogP) is 3.30. The van der Waals surface area contributed by atoms with Gasteiger partial charge in [0.25, 0.3) is 0 Å². The van der Waals surface area contributed by atoms with Crippen molar-refractivity contribution in [2.24, 2.45) is 0 Å². The summed E-state index contributed by atoms with van der Waals surface area (Å²) in [6.07, 6.45) is 3.37. The maximum absolute atomic E-state index is 12.4. The highest BCUT2D eigenvalue weighted by molar-refractivity contribution is 5.94. The number of amides is 1. The van der Waals surface area contributed by atoms with Crippen LogP contribution < -0.4 is 10.1 Å². The number of carbonyl (C=O) groups is 1. The zero-order valence-corrected chi connectivity index (χ0v) is 12.5. The molecule has 1 heterocycles. The molecule has 1 amide bonds. The smallest absolute Gasteiger partial charge is 0.387 e. The van der Waals surface area contributed by atoms with Crippen molar-refractivity contribution >= 4 is 11.6 Å². The number of nitrogens with zero attached hydrogens (tertiary/aromatic N) is 2. The van der Waals surface area contributed by atoms with E-state index >= 15 is 0 Å². The molecule has 1 aromatic carbocycles. The van der Waals surface area contributed by atoms with Crippen LogP contribution in [0.15, 0.2) is 30.6 Å². The second kappa shape index (κ2) is 6.55. The summed E-state index contributed by atoms with van der Waals surface area (Å²) >= 11 is 0. The van der Waals surface area contributed by atoms with Crippen LogP contribution in [0.4, 0.5) is 14.5 Å². The van der Waals surface area contributed by atoms with Gasteiger partial charge in [-0.05, 0) is 44.0 Å². The average Bonchev–Trinajstić information content (AvgIpc) is 2.87. The molecule has 1 unspecified atom stereocenters. The number of alkyl halides is 2. The van der Waals surface area contributed by atoms with E-state index in [2.05, 4.69) is 15.2 Å². The zero-order valence-electron chi connectivity index (χ0n) is 12.5. The van der Waals surface area contributed by atoms with Crippen molar-refractivity contribution in [2.75, 3.05) is 5.32 Å². The summed E-state index contributed by atoms with van der Waals surface area (Å²) in [4.78, 5) is 12.3. The monoisotopic (exact) mass is 309 g/mol. The number of anilines is 1. The van der Waals surface area contributed by atoms with Crippen LogP contribution in [0.5, 0.6) is 5.75 Å². The first kappa shape index (κ1) is 15.9. The lowest BCUT2D eigenvalue weighted by Crippen LogP contribution is -2.24. The molecule has 0 spiro atoms. The van der Waals surface area contributed by atoms with Crippen molar-refractivity contribution in [1.82, 2.24) is 9.78 Å². The van der Waals surface area contributed by atoms with Crippen LogP contribution in [-0.2, 0) is 4.79 Å². The molecule has 1 aromatic heterocycles. The first-order valence-corrected chi connectivity index (χ1v) is 6.74. The molecule has 0 radical (unpaired) electrons. The molecule has 0 aliphatic heterocycles. The van der Waals surface area contributed by atoms with Gasteiger partial charge in [-0.1, -0.05) is 6.07 Å². The second-order valence-electron chi connectivity index (χ2n) is 5.04. The molecule has 0 saturated heterocycles. The Balaban J connectivity index is 2.18. The molecule has 118 valence electrons. The van der Waals surface area contributed by atoms with E-state index in [0.717, 1.165) is 11.1 Å². The third-order valence-electron chi connectivity index (χ3n) is 3.12. The fourth-order valence-corrected chi connectivity index (χ4v) is 1.94. The van der Waals surface area contributed by atoms with Crippen molar-refractivity contribution in [2.45, 2.75) is 33.4 Å². The minimum Gasteiger partial charge on any atom is -0.433 e. The van der Waals surface area contributed by atoms with Gasteiger partial charge in [-0.25, -0.2) is 0 Å². The van der Waals surface area contributed by atoms with Crippen LogP contribution in [0, 0.1) is 13.8 Å². The number of aromatic nitrogens is 2. The van der Waals surface area contributed by atoms with E-state index in [1.807, 2.05) is 6.92 Å². The molecule has 5 nitrogen and oxygen atoms in total. The fraction of sp³-hybridized carbons (Fsp3) is 0.333. The van der Waals surface area contributed by atoms with Crippen LogP contribution in [0.1, 0.15) is 24.1 Å². The normalized spacial score (nSPS) is 12.3. The molecular formula is C15H17F2N3O2. The summed E-state index contributed by atoms with van der Waals surface area (Å²) in [6.45, 7) is 2.38. The highest BCUT2D eigenvalue weighted by Gasteiger charge is 2.18. The lowest BCUT2D eigenvalue weighted by molar-refractivity contribution is -0.119. The van der Waals surface area contributed by atoms with Gasteiger partial charge in [0.15, 0.2) is 0 Å². The molecule has 0 aliphatic rings. The summed E-state index contributed by atoms with van der Waals surface area (Å²) < 4.78 is 30.8. The second-order valence-corrected chi connectivity index (χ2v) is 5.04. The maximum atomic E-state index is 12.4. The lowest BCUT2D eigenvalue weighted by atomic mass is 10.2. The van der Waals surface area contributed by atoms with Crippen LogP contribution in [0.3, 0.4) is 0 Å². The Morgan fingerprint density at radius 2 is 2.05 bits per heavy atom. The average molecular weight is 309 g/mol. The van der Waals surface area contributed by atoms with Gasteiger partial charge in [-0.15, -0.1) is 0 Å². The molecule has 2 rings (SSSR count). The summed E-state index contributed by atoms with van der Waals surface area (Å²) in [5.74, 6) is -0.439. The summed E-state index contributed by atoms with van der Waals surface area (Å²) in [7, 11) is 0. The van der Waals surface area contributed by atoms with E-state index in [4.69, 9.17) is 0 Å². The molecule has 22 heavy (non-hydrogen) atoms. The van der Waals surface area contributed by atoms with Crippen molar-refractivity contribution in [3.05, 3.63) is 41.7 Å². The zero-order chi connectivity index (χ0) is 16.3. The molecule has 0 aliphatic carbocycles. The van der Waals surface area contributed by atoms with Crippen molar-refractivity contribution < 1.29 is 18.3 Å². The van der Waals surface area contributed by atoms with Gasteiger partial charge >= 0.3 is 6.61 Å². The summed E-state index contributed by atoms with van der Waals surface area (Å²) in [5.41, 5.74) is 1.96. The van der Waals surface area contributed by atoms with E-state index in [1.54, 1.807) is 38.4 Å². The van der Waals surface area contributed by atoms with Crippen LogP contribution in [-0.4, -0.2) is 22.3 Å². The number of carbonyl (C=O) groups excluding carboxylic acids is 1. The Hall–Kier alpha value is -2.44. The van der Waals surface area contributed by atoms with E-state index in [9.17, 15) is 13.6 Å². The maximum Gasteiger partial charge on any atom is 0.387 e. The van der Waals surface area contributed by atoms with Crippen LogP contribution in [0.25, 0.3) is 0 Å². The fourth-order valence-electron chi connectivity index (χ4n) is 1.94. The molecular weight excluding hydrogens is 292 g/mol. The molecule has 0 bridgehead atoms. The van der Waals surface area contributed by atoms with Crippen molar-refractivity contribution in [3.63, 3.8) is 0 Å². The van der Waals surface area contributed by atoms with E-state index in [-0.39, 0.29) is 17.3 Å². The third-order valence-corrected chi connectivity index (χ3v) is 3.12. The van der Waals surface area contributed by atoms with Crippen molar-refractivity contribution in [1.29, 1.82) is 0 Å². The number of hydrogen-bond donors (Lipinski definition) is 1. The highest BCUT2D eigenvalue weighted by Crippen LogP contribution is 2.28. The Labute approximate surface area is 126 Å². The third kappa shape index (κ3) is 3.81. The minimum atomic E-state index is -2.95. The summed E-state index contributed by atoms with van der Waals surface area (Å²) in [6, 6.07) is 4.04. The largest absolute Gasteiger partial charge is 0.433 e. The molecule has 7 heteroatoms. The predicted molar refractivity (Wildman–Crippen MR) is 78.1 cm³/mol. The van der Waals surface area contributed by atoms with Crippen LogP contribution in [0.2, 0.25) is 0 Å². The first-order chi connectivity index (χ1) is 10.4. The van der Waals surface area contributed by atoms with Crippen molar-refractivity contribution in [3.8, 4) is 5.75 Å². The number of nitrogens with one attached hydrogen (secondary N) is 1. The van der Waals surface area contributed by atoms with Gasteiger partial charge in [-0.2, -0.15) is 13.9 Å². The Morgan fingerprint density at radius 1 is 1.32 bits per heavy atom. The Bertz CT molecular complexity index is 671. The molecule has 1 N–H and O–H groups in total. The van der Waals surface area contributed by atoms with Gasteiger partial charge in [-0.3, -0.25) is 9.48 Å². The molecule has 2 aromatic rings. The lowest BCUT2D eigenvalue weighted by Gasteiger charge is -2.16. The van der Waals surface area contributed by atoms with Gasteiger partial charge < -0.3 is 10.1 Å². The van der Waals surface area contributed by atoms with Gasteiger partial charge in [0.05, 0.1) is 11.9 Å². The number of aryl methyl sites for hydroxylation is 2. The Kier molecular flexibility index (Phi) is 4.75. The van der Waals surface area contributed by atoms with Crippen LogP contribution >= 0.6 is 0 Å². The number of halogens is 2. The number of benzene rings is 1. The summed E-state index contributed by atoms with van der Waals surface area (Å²) in [5, 5.41) is 6.68. The van der Waals surface area contributed by atoms with Gasteiger partial charge in [0.1, 0.15) is 11.8 Å². The highest BCUT2D eigenvalue weighted by atomic mass is 19.3. The first-order valence-electron chi connectivity index (χ1n) is 6.74. The molecule has 1 atom stereocenters. The SMILES string of the molecule is Cc1ccc(OC(F)F)c(NC(=O)C(C)n2cc(C)cn2)c1. The molecule has 0 fully saturated rings. The standard InChI is InChI=1S/C15H17F2N3O2/c1-9-4-5-13(22-15(16)17)12(6-9)19-14(21)11(3)20-8-10(2)7-18-20/h4-8,11,15H,1-3H3,(H,19,21). The van der Waals surface area contributed by atoms with Gasteiger partial charge in [0.2, 0.25) is 5.91 Å². The van der Waals surface area contributed by atoms with Gasteiger partial charge in [0, 0.05) is 6.20 Å². The minimum absolute atomic E-state index is 0.0715.